The zero-order chi connectivity index (χ0) is 18.4. The molecule has 1 aliphatic heterocycles. The summed E-state index contributed by atoms with van der Waals surface area (Å²) < 4.78 is 0. The molecule has 0 atom stereocenters. The molecule has 5 nitrogen and oxygen atoms in total. The first-order chi connectivity index (χ1) is 11.9. The topological polar surface area (TPSA) is 52.9 Å². The van der Waals surface area contributed by atoms with E-state index in [0.717, 1.165) is 34.9 Å². The van der Waals surface area contributed by atoms with Crippen LogP contribution in [0.3, 0.4) is 0 Å². The highest BCUT2D eigenvalue weighted by atomic mass is 35.5. The van der Waals surface area contributed by atoms with E-state index in [1.54, 1.807) is 23.5 Å². The summed E-state index contributed by atoms with van der Waals surface area (Å²) in [5.41, 5.74) is 4.52. The highest BCUT2D eigenvalue weighted by Gasteiger charge is 2.14. The number of nitrogens with zero attached hydrogens (tertiary/aromatic N) is 4. The summed E-state index contributed by atoms with van der Waals surface area (Å²) in [7, 11) is 0. The molecule has 1 N–H and O–H groups in total. The molecule has 0 bridgehead atoms. The van der Waals surface area contributed by atoms with Gasteiger partial charge in [0.15, 0.2) is 0 Å². The quantitative estimate of drug-likeness (QED) is 0.751. The van der Waals surface area contributed by atoms with E-state index in [0.29, 0.717) is 17.3 Å². The van der Waals surface area contributed by atoms with Crippen LogP contribution < -0.4 is 5.32 Å². The summed E-state index contributed by atoms with van der Waals surface area (Å²) in [4.78, 5) is 8.59. The highest BCUT2D eigenvalue weighted by molar-refractivity contribution is 6.46. The number of pyridine rings is 1. The van der Waals surface area contributed by atoms with E-state index in [-0.39, 0.29) is 0 Å². The van der Waals surface area contributed by atoms with E-state index in [4.69, 9.17) is 11.6 Å². The number of nitrogens with one attached hydrogen (secondary N) is 1. The van der Waals surface area contributed by atoms with Gasteiger partial charge in [-0.2, -0.15) is 5.10 Å². The second-order valence-corrected chi connectivity index (χ2v) is 5.97. The molecule has 130 valence electrons. The first kappa shape index (κ1) is 18.7. The predicted octanol–water partition coefficient (Wildman–Crippen LogP) is 4.03. The number of aromatic nitrogens is 1. The molecule has 0 fully saturated rings. The molecular weight excluding hydrogens is 334 g/mol. The molecule has 0 radical (unpaired) electrons. The Hall–Kier alpha value is -2.66. The minimum Gasteiger partial charge on any atom is -0.388 e. The van der Waals surface area contributed by atoms with Gasteiger partial charge in [-0.3, -0.25) is 15.0 Å². The Bertz CT molecular complexity index is 789. The predicted molar refractivity (Wildman–Crippen MR) is 107 cm³/mol. The first-order valence-electron chi connectivity index (χ1n) is 7.91. The van der Waals surface area contributed by atoms with Crippen molar-refractivity contribution in [3.63, 3.8) is 0 Å². The van der Waals surface area contributed by atoms with Crippen LogP contribution in [0.25, 0.3) is 5.70 Å². The van der Waals surface area contributed by atoms with Gasteiger partial charge in [0.2, 0.25) is 0 Å². The van der Waals surface area contributed by atoms with Crippen molar-refractivity contribution in [1.29, 1.82) is 0 Å². The van der Waals surface area contributed by atoms with E-state index in [9.17, 15) is 0 Å². The number of hydrogen-bond acceptors (Lipinski definition) is 5. The third-order valence-electron chi connectivity index (χ3n) is 3.47. The molecule has 25 heavy (non-hydrogen) atoms. The molecule has 2 rings (SSSR count). The van der Waals surface area contributed by atoms with Crippen molar-refractivity contribution in [2.24, 2.45) is 10.1 Å². The molecule has 0 unspecified atom stereocenters. The smallest absolute Gasteiger partial charge is 0.105 e. The SMILES string of the molecule is C=C(CN1N=C(/C(C)=N/C(=C)c2cncc(Cl)c2)C=CC1=C)NCC. The van der Waals surface area contributed by atoms with E-state index >= 15 is 0 Å². The molecule has 0 amide bonds. The molecule has 0 saturated carbocycles. The van der Waals surface area contributed by atoms with E-state index in [1.807, 2.05) is 26.0 Å². The first-order valence-corrected chi connectivity index (χ1v) is 8.28. The van der Waals surface area contributed by atoms with Crippen LogP contribution in [0.2, 0.25) is 5.02 Å². The molecular formula is C19H22ClN5. The van der Waals surface area contributed by atoms with Crippen LogP contribution in [-0.2, 0) is 0 Å². The number of rotatable bonds is 7. The van der Waals surface area contributed by atoms with Crippen molar-refractivity contribution in [2.45, 2.75) is 13.8 Å². The summed E-state index contributed by atoms with van der Waals surface area (Å²) in [6.45, 7) is 17.3. The largest absolute Gasteiger partial charge is 0.388 e. The lowest BCUT2D eigenvalue weighted by Gasteiger charge is -2.24. The Balaban J connectivity index is 2.18. The van der Waals surface area contributed by atoms with Crippen LogP contribution in [-0.4, -0.2) is 34.5 Å². The van der Waals surface area contributed by atoms with Gasteiger partial charge < -0.3 is 5.32 Å². The van der Waals surface area contributed by atoms with Crippen LogP contribution in [0.4, 0.5) is 0 Å². The van der Waals surface area contributed by atoms with Crippen molar-refractivity contribution in [3.8, 4) is 0 Å². The fraction of sp³-hybridized carbons (Fsp3) is 0.211. The van der Waals surface area contributed by atoms with E-state index in [1.165, 1.54) is 0 Å². The van der Waals surface area contributed by atoms with Crippen LogP contribution in [0.15, 0.2) is 71.8 Å². The zero-order valence-corrected chi connectivity index (χ0v) is 15.3. The number of allylic oxidation sites excluding steroid dienone is 2. The Morgan fingerprint density at radius 3 is 2.76 bits per heavy atom. The Morgan fingerprint density at radius 1 is 1.32 bits per heavy atom. The second-order valence-electron chi connectivity index (χ2n) is 5.54. The summed E-state index contributed by atoms with van der Waals surface area (Å²) in [6.07, 6.45) is 7.04. The van der Waals surface area contributed by atoms with Crippen molar-refractivity contribution in [1.82, 2.24) is 15.3 Å². The summed E-state index contributed by atoms with van der Waals surface area (Å²) in [6, 6.07) is 1.78. The fourth-order valence-corrected chi connectivity index (χ4v) is 2.37. The molecule has 1 aliphatic rings. The molecule has 0 saturated heterocycles. The van der Waals surface area contributed by atoms with Crippen LogP contribution in [0.1, 0.15) is 19.4 Å². The number of aliphatic imine (C=N–C) groups is 1. The summed E-state index contributed by atoms with van der Waals surface area (Å²) in [5.74, 6) is 0. The standard InChI is InChI=1S/C19H22ClN5/c1-6-22-13(2)12-25-14(3)7-8-19(24-25)16(5)23-15(4)17-9-18(20)11-21-10-17/h7-11,22H,2-4,6,12H2,1,5H3/b23-16+. The lowest BCUT2D eigenvalue weighted by molar-refractivity contribution is 0.398. The molecule has 0 aliphatic carbocycles. The monoisotopic (exact) mass is 355 g/mol. The molecule has 6 heteroatoms. The minimum atomic E-state index is 0.547. The van der Waals surface area contributed by atoms with Crippen LogP contribution in [0, 0.1) is 0 Å². The maximum atomic E-state index is 5.97. The third-order valence-corrected chi connectivity index (χ3v) is 3.68. The van der Waals surface area contributed by atoms with Gasteiger partial charge in [-0.1, -0.05) is 31.3 Å². The fourth-order valence-electron chi connectivity index (χ4n) is 2.20. The van der Waals surface area contributed by atoms with Gasteiger partial charge in [0, 0.05) is 30.2 Å². The normalized spacial score (nSPS) is 14.4. The van der Waals surface area contributed by atoms with Gasteiger partial charge in [0.1, 0.15) is 5.71 Å². The third kappa shape index (κ3) is 5.16. The van der Waals surface area contributed by atoms with Crippen LogP contribution in [0.5, 0.6) is 0 Å². The average molecular weight is 356 g/mol. The Morgan fingerprint density at radius 2 is 2.08 bits per heavy atom. The van der Waals surface area contributed by atoms with Gasteiger partial charge in [-0.05, 0) is 32.1 Å². The van der Waals surface area contributed by atoms with Crippen molar-refractivity contribution in [3.05, 3.63) is 72.3 Å². The molecule has 2 heterocycles. The molecule has 1 aromatic rings. The zero-order valence-electron chi connectivity index (χ0n) is 14.6. The minimum absolute atomic E-state index is 0.547. The van der Waals surface area contributed by atoms with Crippen molar-refractivity contribution in [2.75, 3.05) is 13.1 Å². The number of hydrogen-bond donors (Lipinski definition) is 1. The van der Waals surface area contributed by atoms with Gasteiger partial charge in [0.05, 0.1) is 28.7 Å². The van der Waals surface area contributed by atoms with Crippen molar-refractivity contribution >= 4 is 28.7 Å². The lowest BCUT2D eigenvalue weighted by Crippen LogP contribution is -2.29. The molecule has 1 aromatic heterocycles. The van der Waals surface area contributed by atoms with E-state index in [2.05, 4.69) is 40.1 Å². The van der Waals surface area contributed by atoms with Gasteiger partial charge in [-0.15, -0.1) is 0 Å². The molecule has 0 spiro atoms. The summed E-state index contributed by atoms with van der Waals surface area (Å²) >= 11 is 5.97. The maximum Gasteiger partial charge on any atom is 0.105 e. The van der Waals surface area contributed by atoms with Crippen LogP contribution >= 0.6 is 11.6 Å². The number of halogens is 1. The Labute approximate surface area is 153 Å². The van der Waals surface area contributed by atoms with Crippen molar-refractivity contribution < 1.29 is 0 Å². The van der Waals surface area contributed by atoms with Gasteiger partial charge in [0.25, 0.3) is 0 Å². The summed E-state index contributed by atoms with van der Waals surface area (Å²) in [5, 5.41) is 10.1. The Kier molecular flexibility index (Phi) is 6.31. The van der Waals surface area contributed by atoms with Gasteiger partial charge in [-0.25, -0.2) is 0 Å². The maximum absolute atomic E-state index is 5.97. The average Bonchev–Trinajstić information content (AvgIpc) is 2.57. The number of hydrazone groups is 1. The molecule has 0 aromatic carbocycles. The van der Waals surface area contributed by atoms with Gasteiger partial charge >= 0.3 is 0 Å². The number of likely N-dealkylation sites (N-methyl/N-ethyl adjacent to an activating group) is 1. The second kappa shape index (κ2) is 8.44. The van der Waals surface area contributed by atoms with E-state index < -0.39 is 0 Å². The highest BCUT2D eigenvalue weighted by Crippen LogP contribution is 2.18. The lowest BCUT2D eigenvalue weighted by atomic mass is 10.2.